The number of rotatable bonds is 4. The number of aliphatic carboxylic acids is 1. The van der Waals surface area contributed by atoms with Crippen LogP contribution in [0.1, 0.15) is 12.8 Å². The van der Waals surface area contributed by atoms with Gasteiger partial charge in [0.25, 0.3) is 0 Å². The standard InChI is InChI=1S/C13H17NO5/c15-12(14-6-7-2-1-5-18-7)10-8-3-4-9(19-8)11(10)13(16)17/h3-4,7-11H,1-2,5-6H2,(H,14,15)(H,16,17)/t7-,8-,9-,10-,11-/m0/s1. The highest BCUT2D eigenvalue weighted by molar-refractivity contribution is 5.87. The molecule has 1 amide bonds. The van der Waals surface area contributed by atoms with Crippen LogP contribution in [0.4, 0.5) is 0 Å². The monoisotopic (exact) mass is 267 g/mol. The second-order valence-corrected chi connectivity index (χ2v) is 5.22. The van der Waals surface area contributed by atoms with Crippen LogP contribution in [0.2, 0.25) is 0 Å². The van der Waals surface area contributed by atoms with Crippen molar-refractivity contribution in [2.45, 2.75) is 31.2 Å². The predicted molar refractivity (Wildman–Crippen MR) is 64.4 cm³/mol. The van der Waals surface area contributed by atoms with E-state index < -0.39 is 30.0 Å². The third kappa shape index (κ3) is 2.26. The number of hydrogen-bond donors (Lipinski definition) is 2. The lowest BCUT2D eigenvalue weighted by molar-refractivity contribution is -0.146. The Labute approximate surface area is 110 Å². The summed E-state index contributed by atoms with van der Waals surface area (Å²) in [6, 6.07) is 0. The van der Waals surface area contributed by atoms with Crippen molar-refractivity contribution >= 4 is 11.9 Å². The van der Waals surface area contributed by atoms with Crippen LogP contribution in [0.25, 0.3) is 0 Å². The van der Waals surface area contributed by atoms with E-state index in [2.05, 4.69) is 5.32 Å². The number of nitrogens with one attached hydrogen (secondary N) is 1. The topological polar surface area (TPSA) is 84.9 Å². The lowest BCUT2D eigenvalue weighted by Crippen LogP contribution is -2.44. The third-order valence-electron chi connectivity index (χ3n) is 4.02. The SMILES string of the molecule is O=C(O)[C@@H]1[C@@H](C(=O)NC[C@@H]2CCCO2)[C@@H]2C=C[C@@H]1O2. The molecule has 0 unspecified atom stereocenters. The molecule has 0 aliphatic carbocycles. The van der Waals surface area contributed by atoms with Crippen LogP contribution >= 0.6 is 0 Å². The summed E-state index contributed by atoms with van der Waals surface area (Å²) in [4.78, 5) is 23.4. The van der Waals surface area contributed by atoms with Crippen LogP contribution in [0.5, 0.6) is 0 Å². The van der Waals surface area contributed by atoms with E-state index in [9.17, 15) is 14.7 Å². The van der Waals surface area contributed by atoms with E-state index in [1.165, 1.54) is 0 Å². The summed E-state index contributed by atoms with van der Waals surface area (Å²) in [6.45, 7) is 1.18. The maximum absolute atomic E-state index is 12.2. The van der Waals surface area contributed by atoms with Gasteiger partial charge in [0.05, 0.1) is 24.2 Å². The zero-order valence-electron chi connectivity index (χ0n) is 10.5. The van der Waals surface area contributed by atoms with Crippen molar-refractivity contribution in [1.29, 1.82) is 0 Å². The summed E-state index contributed by atoms with van der Waals surface area (Å²) in [5.74, 6) is -2.64. The van der Waals surface area contributed by atoms with E-state index in [0.29, 0.717) is 6.54 Å². The zero-order chi connectivity index (χ0) is 13.4. The number of ether oxygens (including phenoxy) is 2. The summed E-state index contributed by atoms with van der Waals surface area (Å²) in [5.41, 5.74) is 0. The van der Waals surface area contributed by atoms with Gasteiger partial charge in [-0.25, -0.2) is 0 Å². The molecule has 0 aromatic carbocycles. The molecule has 3 aliphatic rings. The second kappa shape index (κ2) is 4.94. The Bertz CT molecular complexity index is 415. The van der Waals surface area contributed by atoms with Crippen LogP contribution < -0.4 is 5.32 Å². The summed E-state index contributed by atoms with van der Waals surface area (Å²) in [6.07, 6.45) is 4.64. The van der Waals surface area contributed by atoms with Gasteiger partial charge in [-0.2, -0.15) is 0 Å². The molecular weight excluding hydrogens is 250 g/mol. The number of fused-ring (bicyclic) bond motifs is 2. The van der Waals surface area contributed by atoms with Crippen LogP contribution in [0.15, 0.2) is 12.2 Å². The summed E-state index contributed by atoms with van der Waals surface area (Å²) >= 11 is 0. The molecular formula is C13H17NO5. The molecule has 6 heteroatoms. The summed E-state index contributed by atoms with van der Waals surface area (Å²) in [5, 5.41) is 12.0. The molecule has 0 saturated carbocycles. The fourth-order valence-electron chi connectivity index (χ4n) is 3.05. The molecule has 2 fully saturated rings. The first-order valence-corrected chi connectivity index (χ1v) is 6.63. The van der Waals surface area contributed by atoms with Gasteiger partial charge in [0, 0.05) is 13.2 Å². The minimum atomic E-state index is -0.978. The Morgan fingerprint density at radius 2 is 2.00 bits per heavy atom. The van der Waals surface area contributed by atoms with Gasteiger partial charge in [-0.15, -0.1) is 0 Å². The number of carbonyl (C=O) groups is 2. The Kier molecular flexibility index (Phi) is 3.28. The van der Waals surface area contributed by atoms with Crippen molar-refractivity contribution in [3.8, 4) is 0 Å². The highest BCUT2D eigenvalue weighted by atomic mass is 16.5. The first-order chi connectivity index (χ1) is 9.16. The maximum Gasteiger partial charge on any atom is 0.310 e. The number of carbonyl (C=O) groups excluding carboxylic acids is 1. The Hall–Kier alpha value is -1.40. The summed E-state index contributed by atoms with van der Waals surface area (Å²) < 4.78 is 10.9. The van der Waals surface area contributed by atoms with Crippen LogP contribution in [-0.2, 0) is 19.1 Å². The fraction of sp³-hybridized carbons (Fsp3) is 0.692. The highest BCUT2D eigenvalue weighted by Crippen LogP contribution is 2.39. The van der Waals surface area contributed by atoms with E-state index in [1.807, 2.05) is 0 Å². The number of amides is 1. The molecule has 3 aliphatic heterocycles. The lowest BCUT2D eigenvalue weighted by atomic mass is 9.82. The number of hydrogen-bond acceptors (Lipinski definition) is 4. The minimum Gasteiger partial charge on any atom is -0.481 e. The van der Waals surface area contributed by atoms with E-state index >= 15 is 0 Å². The van der Waals surface area contributed by atoms with Crippen LogP contribution in [-0.4, -0.2) is 48.4 Å². The Morgan fingerprint density at radius 3 is 2.63 bits per heavy atom. The average molecular weight is 267 g/mol. The Morgan fingerprint density at radius 1 is 1.26 bits per heavy atom. The van der Waals surface area contributed by atoms with Gasteiger partial charge in [0.1, 0.15) is 5.92 Å². The molecule has 104 valence electrons. The van der Waals surface area contributed by atoms with Crippen LogP contribution in [0, 0.1) is 11.8 Å². The molecule has 0 aromatic rings. The van der Waals surface area contributed by atoms with Crippen molar-refractivity contribution in [3.05, 3.63) is 12.2 Å². The molecule has 6 nitrogen and oxygen atoms in total. The largest absolute Gasteiger partial charge is 0.481 e. The van der Waals surface area contributed by atoms with E-state index in [4.69, 9.17) is 9.47 Å². The first kappa shape index (κ1) is 12.6. The number of carboxylic acids is 1. The van der Waals surface area contributed by atoms with Gasteiger partial charge in [-0.3, -0.25) is 9.59 Å². The highest BCUT2D eigenvalue weighted by Gasteiger charge is 2.53. The molecule has 3 rings (SSSR count). The zero-order valence-corrected chi connectivity index (χ0v) is 10.5. The van der Waals surface area contributed by atoms with Gasteiger partial charge in [-0.1, -0.05) is 12.2 Å². The molecule has 3 heterocycles. The van der Waals surface area contributed by atoms with Crippen LogP contribution in [0.3, 0.4) is 0 Å². The fourth-order valence-corrected chi connectivity index (χ4v) is 3.05. The molecule has 2 bridgehead atoms. The van der Waals surface area contributed by atoms with Gasteiger partial charge in [-0.05, 0) is 12.8 Å². The van der Waals surface area contributed by atoms with Gasteiger partial charge < -0.3 is 19.9 Å². The van der Waals surface area contributed by atoms with Gasteiger partial charge in [0.2, 0.25) is 5.91 Å². The number of carboxylic acid groups (broad SMARTS) is 1. The van der Waals surface area contributed by atoms with Gasteiger partial charge in [0.15, 0.2) is 0 Å². The minimum absolute atomic E-state index is 0.0577. The normalized spacial score (nSPS) is 39.7. The lowest BCUT2D eigenvalue weighted by Gasteiger charge is -2.21. The molecule has 2 saturated heterocycles. The average Bonchev–Trinajstić information content (AvgIpc) is 3.10. The summed E-state index contributed by atoms with van der Waals surface area (Å²) in [7, 11) is 0. The molecule has 0 aromatic heterocycles. The van der Waals surface area contributed by atoms with E-state index in [1.54, 1.807) is 12.2 Å². The second-order valence-electron chi connectivity index (χ2n) is 5.22. The Balaban J connectivity index is 1.62. The van der Waals surface area contributed by atoms with Crippen molar-refractivity contribution in [1.82, 2.24) is 5.32 Å². The molecule has 0 spiro atoms. The molecule has 2 N–H and O–H groups in total. The smallest absolute Gasteiger partial charge is 0.310 e. The maximum atomic E-state index is 12.2. The molecule has 0 radical (unpaired) electrons. The van der Waals surface area contributed by atoms with Gasteiger partial charge >= 0.3 is 5.97 Å². The van der Waals surface area contributed by atoms with Crippen molar-refractivity contribution < 1.29 is 24.2 Å². The van der Waals surface area contributed by atoms with Crippen molar-refractivity contribution in [2.75, 3.05) is 13.2 Å². The third-order valence-corrected chi connectivity index (χ3v) is 4.02. The first-order valence-electron chi connectivity index (χ1n) is 6.63. The quantitative estimate of drug-likeness (QED) is 0.697. The van der Waals surface area contributed by atoms with Crippen molar-refractivity contribution in [3.63, 3.8) is 0 Å². The van der Waals surface area contributed by atoms with Crippen molar-refractivity contribution in [2.24, 2.45) is 11.8 Å². The molecule has 19 heavy (non-hydrogen) atoms. The predicted octanol–water partition coefficient (Wildman–Crippen LogP) is -0.0642. The van der Waals surface area contributed by atoms with E-state index in [0.717, 1.165) is 19.4 Å². The molecule has 5 atom stereocenters. The van der Waals surface area contributed by atoms with E-state index in [-0.39, 0.29) is 12.0 Å².